The standard InChI is InChI=1S/C14H17NO6S/c1-4-20-13(18)10(14(19)21-5-2)7-15-11-9(12(16)17)6-8(3)22-11/h6-7,15H,4-5H2,1-3H3,(H,16,17). The van der Waals surface area contributed by atoms with Gasteiger partial charge in [-0.25, -0.2) is 14.4 Å². The van der Waals surface area contributed by atoms with E-state index in [9.17, 15) is 14.4 Å². The van der Waals surface area contributed by atoms with Crippen molar-refractivity contribution in [2.24, 2.45) is 0 Å². The fourth-order valence-corrected chi connectivity index (χ4v) is 2.41. The molecule has 1 rings (SSSR count). The minimum Gasteiger partial charge on any atom is -0.478 e. The Bertz CT molecular complexity index is 584. The van der Waals surface area contributed by atoms with Crippen molar-refractivity contribution in [3.05, 3.63) is 28.3 Å². The van der Waals surface area contributed by atoms with Crippen LogP contribution in [0, 0.1) is 6.92 Å². The molecule has 0 saturated heterocycles. The zero-order valence-corrected chi connectivity index (χ0v) is 13.3. The largest absolute Gasteiger partial charge is 0.478 e. The zero-order valence-electron chi connectivity index (χ0n) is 12.5. The number of hydrogen-bond donors (Lipinski definition) is 2. The number of rotatable bonds is 7. The molecule has 0 spiro atoms. The summed E-state index contributed by atoms with van der Waals surface area (Å²) in [5.41, 5.74) is -0.267. The van der Waals surface area contributed by atoms with E-state index in [1.165, 1.54) is 17.4 Å². The van der Waals surface area contributed by atoms with Crippen molar-refractivity contribution in [2.45, 2.75) is 20.8 Å². The van der Waals surface area contributed by atoms with Crippen molar-refractivity contribution in [1.82, 2.24) is 0 Å². The van der Waals surface area contributed by atoms with Crippen molar-refractivity contribution < 1.29 is 29.0 Å². The van der Waals surface area contributed by atoms with E-state index in [1.54, 1.807) is 20.8 Å². The molecule has 120 valence electrons. The molecule has 7 nitrogen and oxygen atoms in total. The van der Waals surface area contributed by atoms with E-state index in [4.69, 9.17) is 14.6 Å². The molecule has 0 amide bonds. The van der Waals surface area contributed by atoms with Crippen LogP contribution in [0.5, 0.6) is 0 Å². The fraction of sp³-hybridized carbons (Fsp3) is 0.357. The van der Waals surface area contributed by atoms with E-state index in [0.717, 1.165) is 11.1 Å². The van der Waals surface area contributed by atoms with Gasteiger partial charge in [-0.15, -0.1) is 11.3 Å². The number of hydrogen-bond acceptors (Lipinski definition) is 7. The zero-order chi connectivity index (χ0) is 16.7. The van der Waals surface area contributed by atoms with Gasteiger partial charge in [0.05, 0.1) is 18.8 Å². The maximum atomic E-state index is 11.8. The van der Waals surface area contributed by atoms with Gasteiger partial charge in [-0.1, -0.05) is 0 Å². The number of esters is 2. The van der Waals surface area contributed by atoms with Crippen molar-refractivity contribution in [3.63, 3.8) is 0 Å². The third kappa shape index (κ3) is 4.59. The molecule has 0 fully saturated rings. The predicted octanol–water partition coefficient (Wildman–Crippen LogP) is 2.18. The van der Waals surface area contributed by atoms with Crippen LogP contribution in [0.3, 0.4) is 0 Å². The highest BCUT2D eigenvalue weighted by molar-refractivity contribution is 7.16. The smallest absolute Gasteiger partial charge is 0.347 e. The van der Waals surface area contributed by atoms with Crippen molar-refractivity contribution >= 4 is 34.2 Å². The van der Waals surface area contributed by atoms with E-state index in [1.807, 2.05) is 0 Å². The average Bonchev–Trinajstić information content (AvgIpc) is 2.81. The normalized spacial score (nSPS) is 9.77. The lowest BCUT2D eigenvalue weighted by molar-refractivity contribution is -0.146. The Balaban J connectivity index is 3.05. The van der Waals surface area contributed by atoms with Crippen molar-refractivity contribution in [1.29, 1.82) is 0 Å². The summed E-state index contributed by atoms with van der Waals surface area (Å²) >= 11 is 1.19. The number of carboxylic acid groups (broad SMARTS) is 1. The molecule has 0 bridgehead atoms. The van der Waals surface area contributed by atoms with Crippen molar-refractivity contribution in [3.8, 4) is 0 Å². The second-order valence-electron chi connectivity index (χ2n) is 4.05. The monoisotopic (exact) mass is 327 g/mol. The minimum atomic E-state index is -1.10. The fourth-order valence-electron chi connectivity index (χ4n) is 1.54. The molecule has 0 aromatic carbocycles. The highest BCUT2D eigenvalue weighted by Crippen LogP contribution is 2.27. The first-order valence-corrected chi connectivity index (χ1v) is 7.37. The number of aryl methyl sites for hydroxylation is 1. The lowest BCUT2D eigenvalue weighted by Crippen LogP contribution is -2.19. The van der Waals surface area contributed by atoms with Gasteiger partial charge in [0.2, 0.25) is 0 Å². The molecular formula is C14H17NO6S. The molecule has 0 aliphatic carbocycles. The number of carbonyl (C=O) groups excluding carboxylic acids is 2. The van der Waals surface area contributed by atoms with Crippen molar-refractivity contribution in [2.75, 3.05) is 18.5 Å². The van der Waals surface area contributed by atoms with Gasteiger partial charge >= 0.3 is 17.9 Å². The molecular weight excluding hydrogens is 310 g/mol. The molecule has 8 heteroatoms. The Morgan fingerprint density at radius 1 is 1.23 bits per heavy atom. The number of aromatic carboxylic acids is 1. The summed E-state index contributed by atoms with van der Waals surface area (Å²) in [6.45, 7) is 5.18. The maximum Gasteiger partial charge on any atom is 0.347 e. The van der Waals surface area contributed by atoms with Crippen LogP contribution in [-0.4, -0.2) is 36.2 Å². The third-order valence-electron chi connectivity index (χ3n) is 2.42. The van der Waals surface area contributed by atoms with Crippen LogP contribution in [0.25, 0.3) is 0 Å². The molecule has 0 unspecified atom stereocenters. The summed E-state index contributed by atoms with van der Waals surface area (Å²) < 4.78 is 9.56. The van der Waals surface area contributed by atoms with Gasteiger partial charge < -0.3 is 19.9 Å². The first-order valence-electron chi connectivity index (χ1n) is 6.55. The molecule has 0 atom stereocenters. The Kier molecular flexibility index (Phi) is 6.58. The second-order valence-corrected chi connectivity index (χ2v) is 5.30. The highest BCUT2D eigenvalue weighted by Gasteiger charge is 2.22. The van der Waals surface area contributed by atoms with Crippen LogP contribution in [0.2, 0.25) is 0 Å². The molecule has 2 N–H and O–H groups in total. The number of ether oxygens (including phenoxy) is 2. The number of anilines is 1. The molecule has 0 saturated carbocycles. The minimum absolute atomic E-state index is 0.0609. The Morgan fingerprint density at radius 2 is 1.77 bits per heavy atom. The first kappa shape index (κ1) is 17.7. The molecule has 22 heavy (non-hydrogen) atoms. The van der Waals surface area contributed by atoms with Crippen LogP contribution in [-0.2, 0) is 19.1 Å². The van der Waals surface area contributed by atoms with Crippen LogP contribution >= 0.6 is 11.3 Å². The number of carboxylic acids is 1. The lowest BCUT2D eigenvalue weighted by atomic mass is 10.2. The summed E-state index contributed by atoms with van der Waals surface area (Å²) in [6.07, 6.45) is 1.10. The maximum absolute atomic E-state index is 11.8. The molecule has 0 aliphatic heterocycles. The number of carbonyl (C=O) groups is 3. The van der Waals surface area contributed by atoms with E-state index >= 15 is 0 Å². The van der Waals surface area contributed by atoms with E-state index in [0.29, 0.717) is 5.00 Å². The van der Waals surface area contributed by atoms with Gasteiger partial charge in [-0.2, -0.15) is 0 Å². The van der Waals surface area contributed by atoms with Crippen LogP contribution in [0.4, 0.5) is 5.00 Å². The molecule has 1 aromatic rings. The van der Waals surface area contributed by atoms with E-state index in [2.05, 4.69) is 5.32 Å². The highest BCUT2D eigenvalue weighted by atomic mass is 32.1. The van der Waals surface area contributed by atoms with Gasteiger partial charge in [0, 0.05) is 11.1 Å². The quantitative estimate of drug-likeness (QED) is 0.342. The Labute approximate surface area is 131 Å². The lowest BCUT2D eigenvalue weighted by Gasteiger charge is -2.07. The molecule has 1 heterocycles. The summed E-state index contributed by atoms with van der Waals surface area (Å²) in [5, 5.41) is 12.1. The molecule has 0 radical (unpaired) electrons. The van der Waals surface area contributed by atoms with Gasteiger partial charge in [-0.3, -0.25) is 0 Å². The van der Waals surface area contributed by atoms with Gasteiger partial charge in [0.1, 0.15) is 5.00 Å². The number of nitrogens with one attached hydrogen (secondary N) is 1. The summed E-state index contributed by atoms with van der Waals surface area (Å²) in [4.78, 5) is 35.4. The molecule has 1 aromatic heterocycles. The van der Waals surface area contributed by atoms with Gasteiger partial charge in [0.25, 0.3) is 0 Å². The third-order valence-corrected chi connectivity index (χ3v) is 3.41. The molecule has 0 aliphatic rings. The Hall–Kier alpha value is -2.35. The Morgan fingerprint density at radius 3 is 2.23 bits per heavy atom. The SMILES string of the molecule is CCOC(=O)C(=CNc1sc(C)cc1C(=O)O)C(=O)OCC. The summed E-state index contributed by atoms with van der Waals surface area (Å²) in [5.74, 6) is -2.77. The predicted molar refractivity (Wildman–Crippen MR) is 81.0 cm³/mol. The topological polar surface area (TPSA) is 102 Å². The average molecular weight is 327 g/mol. The van der Waals surface area contributed by atoms with E-state index in [-0.39, 0.29) is 24.4 Å². The van der Waals surface area contributed by atoms with Crippen LogP contribution in [0.15, 0.2) is 17.8 Å². The summed E-state index contributed by atoms with van der Waals surface area (Å²) in [7, 11) is 0. The first-order chi connectivity index (χ1) is 10.4. The van der Waals surface area contributed by atoms with Crippen LogP contribution in [0.1, 0.15) is 29.1 Å². The second kappa shape index (κ2) is 8.18. The van der Waals surface area contributed by atoms with E-state index < -0.39 is 17.9 Å². The van der Waals surface area contributed by atoms with Crippen LogP contribution < -0.4 is 5.32 Å². The van der Waals surface area contributed by atoms with Gasteiger partial charge in [-0.05, 0) is 26.8 Å². The summed E-state index contributed by atoms with van der Waals surface area (Å²) in [6, 6.07) is 1.50. The number of thiophene rings is 1. The van der Waals surface area contributed by atoms with Gasteiger partial charge in [0.15, 0.2) is 5.57 Å².